The number of aromatic nitrogens is 1. The predicted molar refractivity (Wildman–Crippen MR) is 59.6 cm³/mol. The maximum absolute atomic E-state index is 5.16. The van der Waals surface area contributed by atoms with Gasteiger partial charge in [0.05, 0.1) is 12.8 Å². The highest BCUT2D eigenvalue weighted by molar-refractivity contribution is 7.80. The molecule has 0 fully saturated rings. The highest BCUT2D eigenvalue weighted by Gasteiger charge is 2.02. The van der Waals surface area contributed by atoms with Crippen LogP contribution in [-0.4, -0.2) is 11.7 Å². The molecule has 0 saturated carbocycles. The highest BCUT2D eigenvalue weighted by Crippen LogP contribution is 2.23. The summed E-state index contributed by atoms with van der Waals surface area (Å²) in [6.07, 6.45) is 3.96. The van der Waals surface area contributed by atoms with Gasteiger partial charge < -0.3 is 9.30 Å². The summed E-state index contributed by atoms with van der Waals surface area (Å²) in [6.45, 7) is 0. The second-order valence-corrected chi connectivity index (χ2v) is 3.43. The van der Waals surface area contributed by atoms with Crippen molar-refractivity contribution in [2.45, 2.75) is 4.90 Å². The van der Waals surface area contributed by atoms with Gasteiger partial charge in [-0.2, -0.15) is 0 Å². The van der Waals surface area contributed by atoms with Crippen LogP contribution in [0.4, 0.5) is 0 Å². The molecule has 1 heterocycles. The summed E-state index contributed by atoms with van der Waals surface area (Å²) in [7, 11) is 1.66. The van der Waals surface area contributed by atoms with Crippen LogP contribution in [0.25, 0.3) is 5.69 Å². The van der Waals surface area contributed by atoms with E-state index in [1.807, 2.05) is 47.3 Å². The lowest BCUT2D eigenvalue weighted by molar-refractivity contribution is 0.414. The van der Waals surface area contributed by atoms with Crippen molar-refractivity contribution in [2.75, 3.05) is 7.11 Å². The zero-order chi connectivity index (χ0) is 9.97. The molecule has 0 aliphatic carbocycles. The maximum Gasteiger partial charge on any atom is 0.121 e. The Morgan fingerprint density at radius 3 is 2.57 bits per heavy atom. The first-order valence-electron chi connectivity index (χ1n) is 4.31. The summed E-state index contributed by atoms with van der Waals surface area (Å²) in [6, 6.07) is 9.74. The van der Waals surface area contributed by atoms with Gasteiger partial charge >= 0.3 is 0 Å². The lowest BCUT2D eigenvalue weighted by Crippen LogP contribution is -1.92. The average Bonchev–Trinajstić information content (AvgIpc) is 2.71. The van der Waals surface area contributed by atoms with Crippen LogP contribution in [0.2, 0.25) is 0 Å². The molecule has 14 heavy (non-hydrogen) atoms. The lowest BCUT2D eigenvalue weighted by atomic mass is 10.3. The number of thiol groups is 1. The number of methoxy groups -OCH3 is 1. The van der Waals surface area contributed by atoms with E-state index in [1.54, 1.807) is 7.11 Å². The Balaban J connectivity index is 2.51. The highest BCUT2D eigenvalue weighted by atomic mass is 32.1. The molecule has 2 aromatic rings. The molecule has 0 atom stereocenters. The van der Waals surface area contributed by atoms with E-state index in [-0.39, 0.29) is 0 Å². The topological polar surface area (TPSA) is 14.2 Å². The number of rotatable bonds is 2. The molecule has 0 spiro atoms. The molecule has 2 rings (SSSR count). The molecule has 1 aromatic heterocycles. The van der Waals surface area contributed by atoms with Gasteiger partial charge in [-0.15, -0.1) is 12.6 Å². The molecule has 72 valence electrons. The third-order valence-electron chi connectivity index (χ3n) is 2.07. The Kier molecular flexibility index (Phi) is 2.50. The first kappa shape index (κ1) is 9.21. The van der Waals surface area contributed by atoms with E-state index in [4.69, 9.17) is 4.74 Å². The van der Waals surface area contributed by atoms with Crippen molar-refractivity contribution in [1.29, 1.82) is 0 Å². The Morgan fingerprint density at radius 1 is 1.21 bits per heavy atom. The van der Waals surface area contributed by atoms with E-state index in [1.165, 1.54) is 0 Å². The van der Waals surface area contributed by atoms with Crippen LogP contribution < -0.4 is 4.74 Å². The molecular weight excluding hydrogens is 194 g/mol. The van der Waals surface area contributed by atoms with Crippen molar-refractivity contribution in [1.82, 2.24) is 4.57 Å². The zero-order valence-electron chi connectivity index (χ0n) is 7.84. The van der Waals surface area contributed by atoms with Gasteiger partial charge in [-0.05, 0) is 24.3 Å². The lowest BCUT2D eigenvalue weighted by Gasteiger charge is -2.08. The molecule has 1 aromatic carbocycles. The van der Waals surface area contributed by atoms with Crippen molar-refractivity contribution in [3.8, 4) is 11.4 Å². The Bertz CT molecular complexity index is 423. The second kappa shape index (κ2) is 3.80. The van der Waals surface area contributed by atoms with Gasteiger partial charge in [-0.25, -0.2) is 0 Å². The monoisotopic (exact) mass is 205 g/mol. The molecule has 2 nitrogen and oxygen atoms in total. The number of benzene rings is 1. The van der Waals surface area contributed by atoms with Gasteiger partial charge in [0.15, 0.2) is 0 Å². The molecule has 0 bridgehead atoms. The van der Waals surface area contributed by atoms with Gasteiger partial charge in [0.2, 0.25) is 0 Å². The van der Waals surface area contributed by atoms with Gasteiger partial charge in [-0.3, -0.25) is 0 Å². The first-order valence-corrected chi connectivity index (χ1v) is 4.76. The van der Waals surface area contributed by atoms with Crippen molar-refractivity contribution in [3.05, 3.63) is 42.7 Å². The Labute approximate surface area is 88.5 Å². The van der Waals surface area contributed by atoms with Crippen LogP contribution >= 0.6 is 12.6 Å². The van der Waals surface area contributed by atoms with Crippen molar-refractivity contribution >= 4 is 12.6 Å². The largest absolute Gasteiger partial charge is 0.497 e. The van der Waals surface area contributed by atoms with E-state index in [9.17, 15) is 0 Å². The minimum absolute atomic E-state index is 0.839. The summed E-state index contributed by atoms with van der Waals surface area (Å²) in [5, 5.41) is 0. The molecular formula is C11H11NOS. The van der Waals surface area contributed by atoms with Crippen LogP contribution in [-0.2, 0) is 0 Å². The average molecular weight is 205 g/mol. The third-order valence-corrected chi connectivity index (χ3v) is 2.44. The van der Waals surface area contributed by atoms with Crippen molar-refractivity contribution < 1.29 is 4.74 Å². The molecule has 0 amide bonds. The normalized spacial score (nSPS) is 10.1. The SMILES string of the molecule is COc1ccc(S)c(-n2cccc2)c1. The van der Waals surface area contributed by atoms with E-state index in [0.29, 0.717) is 0 Å². The van der Waals surface area contributed by atoms with Gasteiger partial charge in [0.25, 0.3) is 0 Å². The zero-order valence-corrected chi connectivity index (χ0v) is 8.74. The second-order valence-electron chi connectivity index (χ2n) is 2.94. The molecule has 0 N–H and O–H groups in total. The van der Waals surface area contributed by atoms with E-state index >= 15 is 0 Å². The standard InChI is InChI=1S/C11H11NOS/c1-13-9-4-5-11(14)10(8-9)12-6-2-3-7-12/h2-8,14H,1H3. The fourth-order valence-electron chi connectivity index (χ4n) is 1.33. The quantitative estimate of drug-likeness (QED) is 0.744. The summed E-state index contributed by atoms with van der Waals surface area (Å²) < 4.78 is 7.17. The minimum Gasteiger partial charge on any atom is -0.497 e. The Hall–Kier alpha value is -1.35. The van der Waals surface area contributed by atoms with E-state index < -0.39 is 0 Å². The Morgan fingerprint density at radius 2 is 1.93 bits per heavy atom. The van der Waals surface area contributed by atoms with Crippen LogP contribution in [0.1, 0.15) is 0 Å². The molecule has 0 aliphatic heterocycles. The van der Waals surface area contributed by atoms with Crippen LogP contribution in [0.15, 0.2) is 47.6 Å². The minimum atomic E-state index is 0.839. The number of hydrogen-bond donors (Lipinski definition) is 1. The van der Waals surface area contributed by atoms with E-state index in [0.717, 1.165) is 16.3 Å². The van der Waals surface area contributed by atoms with Crippen molar-refractivity contribution in [2.24, 2.45) is 0 Å². The summed E-state index contributed by atoms with van der Waals surface area (Å²) in [4.78, 5) is 0.932. The smallest absolute Gasteiger partial charge is 0.121 e. The summed E-state index contributed by atoms with van der Waals surface area (Å²) in [5.41, 5.74) is 1.03. The van der Waals surface area contributed by atoms with Gasteiger partial charge in [0.1, 0.15) is 5.75 Å². The number of ether oxygens (including phenoxy) is 1. The number of hydrogen-bond acceptors (Lipinski definition) is 2. The van der Waals surface area contributed by atoms with Crippen LogP contribution in [0.3, 0.4) is 0 Å². The summed E-state index contributed by atoms with van der Waals surface area (Å²) >= 11 is 4.39. The van der Waals surface area contributed by atoms with Gasteiger partial charge in [-0.1, -0.05) is 0 Å². The molecule has 0 unspecified atom stereocenters. The number of nitrogens with zero attached hydrogens (tertiary/aromatic N) is 1. The van der Waals surface area contributed by atoms with Crippen LogP contribution in [0.5, 0.6) is 5.75 Å². The fraction of sp³-hybridized carbons (Fsp3) is 0.0909. The molecule has 0 radical (unpaired) electrons. The molecule has 0 aliphatic rings. The predicted octanol–water partition coefficient (Wildman–Crippen LogP) is 2.77. The van der Waals surface area contributed by atoms with E-state index in [2.05, 4.69) is 12.6 Å². The molecule has 0 saturated heterocycles. The first-order chi connectivity index (χ1) is 6.81. The van der Waals surface area contributed by atoms with Crippen molar-refractivity contribution in [3.63, 3.8) is 0 Å². The fourth-order valence-corrected chi connectivity index (χ4v) is 1.59. The molecule has 3 heteroatoms. The third kappa shape index (κ3) is 1.63. The maximum atomic E-state index is 5.16. The van der Waals surface area contributed by atoms with Gasteiger partial charge in [0, 0.05) is 23.4 Å². The van der Waals surface area contributed by atoms with Crippen LogP contribution in [0, 0.1) is 0 Å². The summed E-state index contributed by atoms with van der Waals surface area (Å²) in [5.74, 6) is 0.839.